The van der Waals surface area contributed by atoms with Gasteiger partial charge in [-0.1, -0.05) is 0 Å². The zero-order valence-corrected chi connectivity index (χ0v) is 11.0. The van der Waals surface area contributed by atoms with Gasteiger partial charge < -0.3 is 15.0 Å². The maximum atomic E-state index is 12.3. The first-order valence-electron chi connectivity index (χ1n) is 5.91. The molecule has 1 N–H and O–H groups in total. The molecule has 1 aromatic rings. The molecule has 1 atom stereocenters. The number of halogens is 2. The topological polar surface area (TPSA) is 24.5 Å². The molecule has 1 rings (SSSR count). The summed E-state index contributed by atoms with van der Waals surface area (Å²) in [5.74, 6) is 0.743. The second-order valence-corrected chi connectivity index (χ2v) is 4.44. The Morgan fingerprint density at radius 1 is 1.22 bits per heavy atom. The summed E-state index contributed by atoms with van der Waals surface area (Å²) in [6.45, 7) is 2.89. The molecule has 0 fully saturated rings. The smallest absolute Gasteiger partial charge is 0.258 e. The van der Waals surface area contributed by atoms with Crippen molar-refractivity contribution in [1.82, 2.24) is 4.90 Å². The number of hydrogen-bond acceptors (Lipinski definition) is 3. The Labute approximate surface area is 107 Å². The summed E-state index contributed by atoms with van der Waals surface area (Å²) in [5, 5.41) is 2.73. The Kier molecular flexibility index (Phi) is 5.85. The van der Waals surface area contributed by atoms with Crippen molar-refractivity contribution in [2.45, 2.75) is 19.4 Å². The van der Waals surface area contributed by atoms with Crippen LogP contribution in [0.5, 0.6) is 5.75 Å². The lowest BCUT2D eigenvalue weighted by molar-refractivity contribution is 0.131. The van der Waals surface area contributed by atoms with E-state index in [0.29, 0.717) is 12.3 Å². The third-order valence-electron chi connectivity index (χ3n) is 2.43. The summed E-state index contributed by atoms with van der Waals surface area (Å²) in [5.41, 5.74) is 0.669. The van der Waals surface area contributed by atoms with Crippen LogP contribution in [-0.4, -0.2) is 44.6 Å². The monoisotopic (exact) mass is 258 g/mol. The van der Waals surface area contributed by atoms with Crippen LogP contribution in [0.25, 0.3) is 0 Å². The maximum absolute atomic E-state index is 12.3. The fourth-order valence-electron chi connectivity index (χ4n) is 1.32. The molecule has 1 aromatic carbocycles. The Morgan fingerprint density at radius 2 is 1.83 bits per heavy atom. The molecule has 0 amide bonds. The maximum Gasteiger partial charge on any atom is 0.258 e. The van der Waals surface area contributed by atoms with Crippen LogP contribution in [0.1, 0.15) is 6.92 Å². The normalized spacial score (nSPS) is 12.8. The van der Waals surface area contributed by atoms with Crippen molar-refractivity contribution in [3.8, 4) is 5.75 Å². The highest BCUT2D eigenvalue weighted by molar-refractivity contribution is 5.47. The van der Waals surface area contributed by atoms with Crippen LogP contribution in [-0.2, 0) is 0 Å². The lowest BCUT2D eigenvalue weighted by atomic mass is 10.2. The van der Waals surface area contributed by atoms with Gasteiger partial charge in [-0.2, -0.15) is 0 Å². The molecular weight excluding hydrogens is 238 g/mol. The number of nitrogens with one attached hydrogen (secondary N) is 1. The van der Waals surface area contributed by atoms with E-state index in [2.05, 4.69) is 5.32 Å². The number of anilines is 1. The number of likely N-dealkylation sites (N-methyl/N-ethyl adjacent to an activating group) is 1. The molecule has 0 saturated carbocycles. The number of hydrogen-bond donors (Lipinski definition) is 1. The van der Waals surface area contributed by atoms with E-state index in [0.717, 1.165) is 12.3 Å². The minimum atomic E-state index is -2.37. The van der Waals surface area contributed by atoms with Crippen LogP contribution in [0.2, 0.25) is 0 Å². The van der Waals surface area contributed by atoms with Crippen LogP contribution < -0.4 is 10.1 Å². The first-order valence-corrected chi connectivity index (χ1v) is 5.91. The largest absolute Gasteiger partial charge is 0.492 e. The molecule has 3 nitrogen and oxygen atoms in total. The Hall–Kier alpha value is -1.36. The SMILES string of the molecule is CC(Nc1ccc(OCCN(C)C)cc1)C(F)F. The molecule has 0 radical (unpaired) electrons. The molecule has 0 spiro atoms. The highest BCUT2D eigenvalue weighted by atomic mass is 19.3. The van der Waals surface area contributed by atoms with E-state index in [9.17, 15) is 8.78 Å². The molecule has 0 heterocycles. The molecule has 0 aliphatic heterocycles. The van der Waals surface area contributed by atoms with Crippen molar-refractivity contribution < 1.29 is 13.5 Å². The van der Waals surface area contributed by atoms with E-state index < -0.39 is 12.5 Å². The Bertz CT molecular complexity index is 341. The fourth-order valence-corrected chi connectivity index (χ4v) is 1.32. The predicted molar refractivity (Wildman–Crippen MR) is 69.6 cm³/mol. The summed E-state index contributed by atoms with van der Waals surface area (Å²) in [7, 11) is 3.95. The van der Waals surface area contributed by atoms with Gasteiger partial charge in [-0.25, -0.2) is 8.78 Å². The zero-order valence-electron chi connectivity index (χ0n) is 11.0. The summed E-state index contributed by atoms with van der Waals surface area (Å²) in [4.78, 5) is 2.03. The van der Waals surface area contributed by atoms with Gasteiger partial charge in [-0.3, -0.25) is 0 Å². The molecule has 0 saturated heterocycles. The second kappa shape index (κ2) is 7.16. The molecule has 0 aliphatic rings. The summed E-state index contributed by atoms with van der Waals surface area (Å²) < 4.78 is 30.2. The molecule has 0 aliphatic carbocycles. The minimum absolute atomic E-state index is 0.604. The van der Waals surface area contributed by atoms with E-state index in [1.165, 1.54) is 6.92 Å². The van der Waals surface area contributed by atoms with Gasteiger partial charge in [0.1, 0.15) is 12.4 Å². The van der Waals surface area contributed by atoms with Gasteiger partial charge >= 0.3 is 0 Å². The van der Waals surface area contributed by atoms with E-state index in [1.54, 1.807) is 24.3 Å². The number of alkyl halides is 2. The number of nitrogens with zero attached hydrogens (tertiary/aromatic N) is 1. The van der Waals surface area contributed by atoms with Gasteiger partial charge in [0.2, 0.25) is 0 Å². The van der Waals surface area contributed by atoms with E-state index in [1.807, 2.05) is 19.0 Å². The van der Waals surface area contributed by atoms with Crippen LogP contribution in [0, 0.1) is 0 Å². The Balaban J connectivity index is 2.42. The van der Waals surface area contributed by atoms with E-state index >= 15 is 0 Å². The van der Waals surface area contributed by atoms with Crippen LogP contribution in [0.3, 0.4) is 0 Å². The van der Waals surface area contributed by atoms with Crippen molar-refractivity contribution in [3.63, 3.8) is 0 Å². The quantitative estimate of drug-likeness (QED) is 0.813. The molecule has 0 bridgehead atoms. The van der Waals surface area contributed by atoms with Gasteiger partial charge in [0.05, 0.1) is 6.04 Å². The van der Waals surface area contributed by atoms with Crippen molar-refractivity contribution >= 4 is 5.69 Å². The molecule has 102 valence electrons. The minimum Gasteiger partial charge on any atom is -0.492 e. The molecule has 1 unspecified atom stereocenters. The summed E-state index contributed by atoms with van der Waals surface area (Å²) in [6.07, 6.45) is -2.37. The molecule has 5 heteroatoms. The average Bonchev–Trinajstić information content (AvgIpc) is 2.30. The highest BCUT2D eigenvalue weighted by Crippen LogP contribution is 2.17. The lowest BCUT2D eigenvalue weighted by Crippen LogP contribution is -2.23. The van der Waals surface area contributed by atoms with Gasteiger partial charge in [-0.05, 0) is 45.3 Å². The van der Waals surface area contributed by atoms with Gasteiger partial charge in [0.15, 0.2) is 0 Å². The Morgan fingerprint density at radius 3 is 2.33 bits per heavy atom. The first-order chi connectivity index (χ1) is 8.49. The predicted octanol–water partition coefficient (Wildman–Crippen LogP) is 2.69. The third kappa shape index (κ3) is 5.31. The highest BCUT2D eigenvalue weighted by Gasteiger charge is 2.13. The standard InChI is InChI=1S/C13H20F2N2O/c1-10(13(14)15)16-11-4-6-12(7-5-11)18-9-8-17(2)3/h4-7,10,13,16H,8-9H2,1-3H3. The van der Waals surface area contributed by atoms with Crippen molar-refractivity contribution in [1.29, 1.82) is 0 Å². The summed E-state index contributed by atoms with van der Waals surface area (Å²) >= 11 is 0. The van der Waals surface area contributed by atoms with Crippen LogP contribution in [0.15, 0.2) is 24.3 Å². The molecule has 0 aromatic heterocycles. The average molecular weight is 258 g/mol. The molecule has 18 heavy (non-hydrogen) atoms. The molecular formula is C13H20F2N2O. The lowest BCUT2D eigenvalue weighted by Gasteiger charge is -2.15. The third-order valence-corrected chi connectivity index (χ3v) is 2.43. The van der Waals surface area contributed by atoms with E-state index in [-0.39, 0.29) is 0 Å². The van der Waals surface area contributed by atoms with Crippen molar-refractivity contribution in [2.75, 3.05) is 32.6 Å². The van der Waals surface area contributed by atoms with Crippen molar-refractivity contribution in [3.05, 3.63) is 24.3 Å². The van der Waals surface area contributed by atoms with Crippen molar-refractivity contribution in [2.24, 2.45) is 0 Å². The summed E-state index contributed by atoms with van der Waals surface area (Å²) in [6, 6.07) is 6.17. The number of ether oxygens (including phenoxy) is 1. The van der Waals surface area contributed by atoms with Gasteiger partial charge in [0.25, 0.3) is 6.43 Å². The van der Waals surface area contributed by atoms with Gasteiger partial charge in [-0.15, -0.1) is 0 Å². The van der Waals surface area contributed by atoms with Gasteiger partial charge in [0, 0.05) is 12.2 Å². The second-order valence-electron chi connectivity index (χ2n) is 4.44. The van der Waals surface area contributed by atoms with Crippen LogP contribution >= 0.6 is 0 Å². The zero-order chi connectivity index (χ0) is 13.5. The van der Waals surface area contributed by atoms with Crippen LogP contribution in [0.4, 0.5) is 14.5 Å². The fraction of sp³-hybridized carbons (Fsp3) is 0.538. The first kappa shape index (κ1) is 14.7. The number of rotatable bonds is 7. The number of benzene rings is 1. The van der Waals surface area contributed by atoms with E-state index in [4.69, 9.17) is 4.74 Å².